The van der Waals surface area contributed by atoms with Crippen LogP contribution in [0.3, 0.4) is 0 Å². The number of anilines is 1. The standard InChI is InChI=1S/C12H14N2O2.ClH/c1-14-10-6-4-3-5-8(10)9(12(14)13)7-11(15)16-2;/h3-6,9,13H,7H2,1-2H3;1H. The van der Waals surface area contributed by atoms with Gasteiger partial charge in [-0.15, -0.1) is 12.4 Å². The Hall–Kier alpha value is -1.55. The Morgan fingerprint density at radius 1 is 1.47 bits per heavy atom. The smallest absolute Gasteiger partial charge is 0.306 e. The highest BCUT2D eigenvalue weighted by Crippen LogP contribution is 2.38. The molecule has 1 N–H and O–H groups in total. The van der Waals surface area contributed by atoms with Crippen molar-refractivity contribution in [2.24, 2.45) is 0 Å². The van der Waals surface area contributed by atoms with Crippen molar-refractivity contribution >= 4 is 29.9 Å². The van der Waals surface area contributed by atoms with E-state index in [1.807, 2.05) is 36.2 Å². The van der Waals surface area contributed by atoms with E-state index in [1.54, 1.807) is 0 Å². The van der Waals surface area contributed by atoms with Crippen LogP contribution in [-0.2, 0) is 9.53 Å². The lowest BCUT2D eigenvalue weighted by Gasteiger charge is -2.13. The molecule has 0 radical (unpaired) electrons. The molecule has 1 aliphatic heterocycles. The molecule has 1 aromatic carbocycles. The first-order valence-corrected chi connectivity index (χ1v) is 5.13. The maximum Gasteiger partial charge on any atom is 0.306 e. The number of nitrogens with one attached hydrogen (secondary N) is 1. The summed E-state index contributed by atoms with van der Waals surface area (Å²) in [6, 6.07) is 7.78. The van der Waals surface area contributed by atoms with Crippen molar-refractivity contribution in [2.75, 3.05) is 19.1 Å². The number of hydrogen-bond acceptors (Lipinski definition) is 3. The van der Waals surface area contributed by atoms with Crippen LogP contribution in [0.25, 0.3) is 0 Å². The number of methoxy groups -OCH3 is 1. The third kappa shape index (κ3) is 2.26. The summed E-state index contributed by atoms with van der Waals surface area (Å²) in [5, 5.41) is 7.98. The van der Waals surface area contributed by atoms with Gasteiger partial charge in [-0.2, -0.15) is 0 Å². The second kappa shape index (κ2) is 5.19. The van der Waals surface area contributed by atoms with Gasteiger partial charge in [-0.05, 0) is 11.6 Å². The number of para-hydroxylation sites is 1. The van der Waals surface area contributed by atoms with E-state index in [-0.39, 0.29) is 30.7 Å². The lowest BCUT2D eigenvalue weighted by molar-refractivity contribution is -0.140. The summed E-state index contributed by atoms with van der Waals surface area (Å²) in [6.07, 6.45) is 0.233. The lowest BCUT2D eigenvalue weighted by Crippen LogP contribution is -2.24. The molecule has 0 bridgehead atoms. The molecule has 4 nitrogen and oxygen atoms in total. The Morgan fingerprint density at radius 2 is 2.12 bits per heavy atom. The highest BCUT2D eigenvalue weighted by molar-refractivity contribution is 6.07. The first kappa shape index (κ1) is 13.5. The molecule has 1 aliphatic rings. The van der Waals surface area contributed by atoms with Crippen LogP contribution in [0.4, 0.5) is 5.69 Å². The van der Waals surface area contributed by atoms with Gasteiger partial charge in [0.15, 0.2) is 0 Å². The van der Waals surface area contributed by atoms with E-state index in [1.165, 1.54) is 7.11 Å². The number of nitrogens with zero attached hydrogens (tertiary/aromatic N) is 1. The van der Waals surface area contributed by atoms with Crippen LogP contribution in [0.5, 0.6) is 0 Å². The van der Waals surface area contributed by atoms with E-state index >= 15 is 0 Å². The van der Waals surface area contributed by atoms with Crippen molar-refractivity contribution in [3.8, 4) is 0 Å². The highest BCUT2D eigenvalue weighted by atomic mass is 35.5. The molecule has 0 aromatic heterocycles. The number of fused-ring (bicyclic) bond motifs is 1. The SMILES string of the molecule is COC(=O)CC1C(=N)N(C)c2ccccc21.Cl. The van der Waals surface area contributed by atoms with Gasteiger partial charge in [0.2, 0.25) is 0 Å². The summed E-state index contributed by atoms with van der Waals surface area (Å²) in [4.78, 5) is 13.1. The van der Waals surface area contributed by atoms with Crippen molar-refractivity contribution in [1.82, 2.24) is 0 Å². The van der Waals surface area contributed by atoms with E-state index in [4.69, 9.17) is 5.41 Å². The molecule has 1 atom stereocenters. The maximum atomic E-state index is 11.3. The Balaban J connectivity index is 0.00000144. The molecule has 0 saturated heterocycles. The minimum absolute atomic E-state index is 0. The van der Waals surface area contributed by atoms with Crippen molar-refractivity contribution in [3.63, 3.8) is 0 Å². The van der Waals surface area contributed by atoms with Gasteiger partial charge in [-0.1, -0.05) is 18.2 Å². The monoisotopic (exact) mass is 254 g/mol. The molecule has 0 amide bonds. The van der Waals surface area contributed by atoms with E-state index in [9.17, 15) is 4.79 Å². The van der Waals surface area contributed by atoms with Gasteiger partial charge in [-0.25, -0.2) is 0 Å². The molecule has 1 aromatic rings. The first-order valence-electron chi connectivity index (χ1n) is 5.13. The van der Waals surface area contributed by atoms with Gasteiger partial charge in [0.1, 0.15) is 5.84 Å². The summed E-state index contributed by atoms with van der Waals surface area (Å²) in [6.45, 7) is 0. The third-order valence-electron chi connectivity index (χ3n) is 2.96. The first-order chi connectivity index (χ1) is 7.65. The lowest BCUT2D eigenvalue weighted by atomic mass is 9.97. The van der Waals surface area contributed by atoms with Crippen LogP contribution in [0.2, 0.25) is 0 Å². The van der Waals surface area contributed by atoms with E-state index in [0.717, 1.165) is 11.3 Å². The van der Waals surface area contributed by atoms with Crippen LogP contribution >= 0.6 is 12.4 Å². The molecule has 0 spiro atoms. The Bertz CT molecular complexity index is 448. The Morgan fingerprint density at radius 3 is 2.76 bits per heavy atom. The molecule has 5 heteroatoms. The number of esters is 1. The number of carbonyl (C=O) groups is 1. The number of hydrogen-bond donors (Lipinski definition) is 1. The molecule has 0 fully saturated rings. The van der Waals surface area contributed by atoms with Crippen LogP contribution in [0, 0.1) is 5.41 Å². The van der Waals surface area contributed by atoms with E-state index in [2.05, 4.69) is 4.74 Å². The third-order valence-corrected chi connectivity index (χ3v) is 2.96. The normalized spacial score (nSPS) is 17.4. The number of carbonyl (C=O) groups excluding carboxylic acids is 1. The number of amidine groups is 1. The second-order valence-electron chi connectivity index (χ2n) is 3.84. The second-order valence-corrected chi connectivity index (χ2v) is 3.84. The number of halogens is 1. The molecule has 2 rings (SSSR count). The van der Waals surface area contributed by atoms with Crippen LogP contribution in [0.1, 0.15) is 17.9 Å². The van der Waals surface area contributed by atoms with Crippen LogP contribution in [0.15, 0.2) is 24.3 Å². The summed E-state index contributed by atoms with van der Waals surface area (Å²) < 4.78 is 4.66. The largest absolute Gasteiger partial charge is 0.469 e. The number of benzene rings is 1. The fourth-order valence-electron chi connectivity index (χ4n) is 2.06. The quantitative estimate of drug-likeness (QED) is 0.823. The molecule has 17 heavy (non-hydrogen) atoms. The van der Waals surface area contributed by atoms with E-state index < -0.39 is 0 Å². The summed E-state index contributed by atoms with van der Waals surface area (Å²) >= 11 is 0. The zero-order valence-electron chi connectivity index (χ0n) is 9.77. The average Bonchev–Trinajstić information content (AvgIpc) is 2.55. The van der Waals surface area contributed by atoms with Gasteiger partial charge in [0, 0.05) is 12.7 Å². The van der Waals surface area contributed by atoms with Crippen molar-refractivity contribution < 1.29 is 9.53 Å². The molecule has 0 aliphatic carbocycles. The van der Waals surface area contributed by atoms with Crippen molar-refractivity contribution in [2.45, 2.75) is 12.3 Å². The predicted molar refractivity (Wildman–Crippen MR) is 69.2 cm³/mol. The summed E-state index contributed by atoms with van der Waals surface area (Å²) in [5.74, 6) is 0.0000954. The molecule has 92 valence electrons. The minimum Gasteiger partial charge on any atom is -0.469 e. The fourth-order valence-corrected chi connectivity index (χ4v) is 2.06. The van der Waals surface area contributed by atoms with Gasteiger partial charge < -0.3 is 9.64 Å². The predicted octanol–water partition coefficient (Wildman–Crippen LogP) is 2.18. The summed E-state index contributed by atoms with van der Waals surface area (Å²) in [7, 11) is 3.22. The van der Waals surface area contributed by atoms with Gasteiger partial charge in [-0.3, -0.25) is 10.2 Å². The average molecular weight is 255 g/mol. The van der Waals surface area contributed by atoms with Crippen LogP contribution < -0.4 is 4.90 Å². The number of ether oxygens (including phenoxy) is 1. The van der Waals surface area contributed by atoms with Crippen molar-refractivity contribution in [3.05, 3.63) is 29.8 Å². The topological polar surface area (TPSA) is 53.4 Å². The molecule has 1 unspecified atom stereocenters. The molecular weight excluding hydrogens is 240 g/mol. The van der Waals surface area contributed by atoms with Gasteiger partial charge in [0.25, 0.3) is 0 Å². The zero-order chi connectivity index (χ0) is 11.7. The minimum atomic E-state index is -0.278. The van der Waals surface area contributed by atoms with Crippen molar-refractivity contribution in [1.29, 1.82) is 5.41 Å². The molecular formula is C12H15ClN2O2. The maximum absolute atomic E-state index is 11.3. The van der Waals surface area contributed by atoms with E-state index in [0.29, 0.717) is 5.84 Å². The molecule has 0 saturated carbocycles. The summed E-state index contributed by atoms with van der Waals surface area (Å²) in [5.41, 5.74) is 2.03. The fraction of sp³-hybridized carbons (Fsp3) is 0.333. The van der Waals surface area contributed by atoms with Gasteiger partial charge >= 0.3 is 5.97 Å². The number of likely N-dealkylation sites (N-methyl/N-ethyl adjacent to an activating group) is 1. The Kier molecular flexibility index (Phi) is 4.12. The Labute approximate surface area is 106 Å². The van der Waals surface area contributed by atoms with Gasteiger partial charge in [0.05, 0.1) is 19.4 Å². The molecule has 1 heterocycles. The van der Waals surface area contributed by atoms with Crippen LogP contribution in [-0.4, -0.2) is 26.0 Å². The number of rotatable bonds is 2. The zero-order valence-corrected chi connectivity index (χ0v) is 10.6. The highest BCUT2D eigenvalue weighted by Gasteiger charge is 2.33.